The summed E-state index contributed by atoms with van der Waals surface area (Å²) in [4.78, 5) is 11.5. The zero-order valence-corrected chi connectivity index (χ0v) is 17.0. The first-order chi connectivity index (χ1) is 9.91. The van der Waals surface area contributed by atoms with Gasteiger partial charge in [0.25, 0.3) is 0 Å². The topological polar surface area (TPSA) is 72.5 Å². The predicted molar refractivity (Wildman–Crippen MR) is 106 cm³/mol. The number of rotatable bonds is 4. The van der Waals surface area contributed by atoms with Crippen LogP contribution < -0.4 is 10.5 Å². The van der Waals surface area contributed by atoms with Crippen LogP contribution in [0.2, 0.25) is 0 Å². The molecular weight excluding hydrogens is 611 g/mol. The first kappa shape index (κ1) is 17.1. The molecule has 21 heavy (non-hydrogen) atoms. The summed E-state index contributed by atoms with van der Waals surface area (Å²) >= 11 is 6.35. The largest absolute Gasteiger partial charge is 0.478 e. The van der Waals surface area contributed by atoms with Crippen molar-refractivity contribution >= 4 is 79.4 Å². The van der Waals surface area contributed by atoms with Crippen LogP contribution in [-0.2, 0) is 4.79 Å². The summed E-state index contributed by atoms with van der Waals surface area (Å²) in [5, 5.41) is 9.43. The second kappa shape index (κ2) is 7.31. The van der Waals surface area contributed by atoms with Gasteiger partial charge in [0.05, 0.1) is 12.8 Å². The van der Waals surface area contributed by atoms with Crippen molar-refractivity contribution in [1.82, 2.24) is 0 Å². The second-order valence-electron chi connectivity index (χ2n) is 4.14. The molecule has 0 fully saturated rings. The number of nitrogens with two attached hydrogens (primary N) is 1. The van der Waals surface area contributed by atoms with Gasteiger partial charge >= 0.3 is 5.97 Å². The molecule has 3 N–H and O–H groups in total. The van der Waals surface area contributed by atoms with Crippen molar-refractivity contribution in [3.8, 4) is 5.75 Å². The van der Waals surface area contributed by atoms with Crippen molar-refractivity contribution in [2.24, 2.45) is 0 Å². The van der Waals surface area contributed by atoms with E-state index in [0.29, 0.717) is 17.0 Å². The molecule has 0 aromatic heterocycles. The highest BCUT2D eigenvalue weighted by Crippen LogP contribution is 2.37. The van der Waals surface area contributed by atoms with Crippen LogP contribution in [0.3, 0.4) is 0 Å². The molecule has 0 aliphatic carbocycles. The normalized spacial score (nSPS) is 12.0. The Hall–Kier alpha value is -0.300. The Labute approximate surface area is 162 Å². The van der Waals surface area contributed by atoms with Gasteiger partial charge in [-0.05, 0) is 73.8 Å². The maximum absolute atomic E-state index is 11.5. The molecule has 0 spiro atoms. The average molecular weight is 621 g/mol. The molecule has 0 amide bonds. The van der Waals surface area contributed by atoms with Crippen molar-refractivity contribution in [1.29, 1.82) is 0 Å². The third-order valence-corrected chi connectivity index (χ3v) is 5.49. The molecule has 0 bridgehead atoms. The van der Waals surface area contributed by atoms with Crippen LogP contribution >= 0.6 is 67.8 Å². The summed E-state index contributed by atoms with van der Waals surface area (Å²) in [5.74, 6) is -0.532. The monoisotopic (exact) mass is 621 g/mol. The van der Waals surface area contributed by atoms with Crippen molar-refractivity contribution in [3.05, 3.63) is 52.7 Å². The van der Waals surface area contributed by atoms with Gasteiger partial charge < -0.3 is 15.6 Å². The minimum Gasteiger partial charge on any atom is -0.478 e. The molecule has 0 saturated carbocycles. The van der Waals surface area contributed by atoms with E-state index in [2.05, 4.69) is 67.8 Å². The number of carboxylic acid groups (broad SMARTS) is 1. The number of hydrogen-bond donors (Lipinski definition) is 2. The van der Waals surface area contributed by atoms with Crippen LogP contribution in [0.4, 0.5) is 5.69 Å². The quantitative estimate of drug-likeness (QED) is 0.396. The zero-order valence-electron chi connectivity index (χ0n) is 10.5. The fourth-order valence-electron chi connectivity index (χ4n) is 1.70. The van der Waals surface area contributed by atoms with Gasteiger partial charge in [0.1, 0.15) is 5.75 Å². The Kier molecular flexibility index (Phi) is 5.94. The van der Waals surface area contributed by atoms with E-state index in [4.69, 9.17) is 10.5 Å². The van der Waals surface area contributed by atoms with E-state index in [9.17, 15) is 9.90 Å². The highest BCUT2D eigenvalue weighted by Gasteiger charge is 2.25. The molecule has 1 unspecified atom stereocenters. The number of ether oxygens (including phenoxy) is 1. The van der Waals surface area contributed by atoms with Crippen molar-refractivity contribution in [2.45, 2.75) is 6.10 Å². The summed E-state index contributed by atoms with van der Waals surface area (Å²) < 4.78 is 8.24. The predicted octanol–water partition coefficient (Wildman–Crippen LogP) is 4.29. The van der Waals surface area contributed by atoms with E-state index in [1.165, 1.54) is 0 Å². The van der Waals surface area contributed by atoms with E-state index in [1.807, 2.05) is 12.1 Å². The third-order valence-electron chi connectivity index (χ3n) is 2.73. The summed E-state index contributed by atoms with van der Waals surface area (Å²) in [6.45, 7) is 0. The van der Waals surface area contributed by atoms with E-state index in [1.54, 1.807) is 24.3 Å². The molecule has 110 valence electrons. The Morgan fingerprint density at radius 1 is 1.14 bits per heavy atom. The van der Waals surface area contributed by atoms with Gasteiger partial charge in [0.15, 0.2) is 0 Å². The molecule has 0 aliphatic rings. The van der Waals surface area contributed by atoms with E-state index in [-0.39, 0.29) is 0 Å². The van der Waals surface area contributed by atoms with Gasteiger partial charge in [0.2, 0.25) is 6.10 Å². The molecule has 0 heterocycles. The highest BCUT2D eigenvalue weighted by atomic mass is 127. The Morgan fingerprint density at radius 3 is 2.33 bits per heavy atom. The lowest BCUT2D eigenvalue weighted by Crippen LogP contribution is -2.19. The Morgan fingerprint density at radius 2 is 1.76 bits per heavy atom. The van der Waals surface area contributed by atoms with Gasteiger partial charge in [-0.2, -0.15) is 0 Å². The zero-order chi connectivity index (χ0) is 15.6. The molecular formula is C14H10I3NO3. The molecule has 0 aliphatic heterocycles. The lowest BCUT2D eigenvalue weighted by atomic mass is 10.1. The van der Waals surface area contributed by atoms with Crippen molar-refractivity contribution in [2.75, 3.05) is 5.73 Å². The van der Waals surface area contributed by atoms with Crippen LogP contribution in [0.25, 0.3) is 0 Å². The number of carbonyl (C=O) groups is 1. The fraction of sp³-hybridized carbons (Fsp3) is 0.0714. The summed E-state index contributed by atoms with van der Waals surface area (Å²) in [7, 11) is 0. The number of anilines is 1. The average Bonchev–Trinajstić information content (AvgIpc) is 2.45. The summed E-state index contributed by atoms with van der Waals surface area (Å²) in [6.07, 6.45) is -1.06. The van der Waals surface area contributed by atoms with Crippen LogP contribution in [0.5, 0.6) is 5.75 Å². The highest BCUT2D eigenvalue weighted by molar-refractivity contribution is 14.1. The number of aliphatic carboxylic acids is 1. The first-order valence-electron chi connectivity index (χ1n) is 5.79. The first-order valence-corrected chi connectivity index (χ1v) is 9.02. The molecule has 0 saturated heterocycles. The Balaban J connectivity index is 2.44. The number of halogens is 3. The summed E-state index contributed by atoms with van der Waals surface area (Å²) in [5.41, 5.74) is 7.19. The molecule has 1 atom stereocenters. The van der Waals surface area contributed by atoms with Crippen LogP contribution in [0.1, 0.15) is 11.7 Å². The molecule has 7 heteroatoms. The third kappa shape index (κ3) is 3.92. The second-order valence-corrected chi connectivity index (χ2v) is 7.55. The molecule has 2 rings (SSSR count). The maximum atomic E-state index is 11.5. The van der Waals surface area contributed by atoms with Gasteiger partial charge in [-0.25, -0.2) is 4.79 Å². The van der Waals surface area contributed by atoms with Gasteiger partial charge in [0, 0.05) is 9.13 Å². The lowest BCUT2D eigenvalue weighted by Gasteiger charge is -2.19. The van der Waals surface area contributed by atoms with Gasteiger partial charge in [-0.3, -0.25) is 0 Å². The summed E-state index contributed by atoms with van der Waals surface area (Å²) in [6, 6.07) is 10.7. The SMILES string of the molecule is Nc1c(I)cc(I)c(OC(C(=O)O)c2ccccc2)c1I. The van der Waals surface area contributed by atoms with Gasteiger partial charge in [-0.15, -0.1) is 0 Å². The van der Waals surface area contributed by atoms with Gasteiger partial charge in [-0.1, -0.05) is 30.3 Å². The Bertz CT molecular complexity index is 677. The minimum absolute atomic E-state index is 0.505. The van der Waals surface area contributed by atoms with Crippen molar-refractivity contribution < 1.29 is 14.6 Å². The molecule has 4 nitrogen and oxygen atoms in total. The minimum atomic E-state index is -1.06. The van der Waals surface area contributed by atoms with Crippen LogP contribution in [-0.4, -0.2) is 11.1 Å². The molecule has 2 aromatic carbocycles. The van der Waals surface area contributed by atoms with E-state index >= 15 is 0 Å². The standard InChI is InChI=1S/C14H10I3NO3/c15-8-6-9(16)13(10(17)11(8)18)21-12(14(19)20)7-4-2-1-3-5-7/h1-6,12H,18H2,(H,19,20). The fourth-order valence-corrected chi connectivity index (χ4v) is 5.33. The maximum Gasteiger partial charge on any atom is 0.349 e. The van der Waals surface area contributed by atoms with E-state index in [0.717, 1.165) is 10.7 Å². The van der Waals surface area contributed by atoms with Crippen molar-refractivity contribution in [3.63, 3.8) is 0 Å². The number of carboxylic acids is 1. The lowest BCUT2D eigenvalue weighted by molar-refractivity contribution is -0.145. The smallest absolute Gasteiger partial charge is 0.349 e. The molecule has 2 aromatic rings. The number of nitrogen functional groups attached to an aromatic ring is 1. The van der Waals surface area contributed by atoms with Crippen LogP contribution in [0, 0.1) is 10.7 Å². The number of hydrogen-bond acceptors (Lipinski definition) is 3. The molecule has 0 radical (unpaired) electrons. The number of benzene rings is 2. The van der Waals surface area contributed by atoms with Crippen LogP contribution in [0.15, 0.2) is 36.4 Å². The van der Waals surface area contributed by atoms with E-state index < -0.39 is 12.1 Å².